The van der Waals surface area contributed by atoms with Gasteiger partial charge in [0.2, 0.25) is 5.91 Å². The summed E-state index contributed by atoms with van der Waals surface area (Å²) in [6.07, 6.45) is 2.19. The maximum atomic E-state index is 11.6. The molecule has 0 spiro atoms. The van der Waals surface area contributed by atoms with Crippen LogP contribution in [0.5, 0.6) is 0 Å². The van der Waals surface area contributed by atoms with Crippen LogP contribution in [0.25, 0.3) is 0 Å². The normalized spacial score (nSPS) is 24.7. The van der Waals surface area contributed by atoms with Crippen LogP contribution in [0.4, 0.5) is 0 Å². The third kappa shape index (κ3) is 3.27. The predicted octanol–water partition coefficient (Wildman–Crippen LogP) is -0.162. The van der Waals surface area contributed by atoms with Crippen molar-refractivity contribution in [2.75, 3.05) is 13.1 Å². The Kier molecular flexibility index (Phi) is 4.35. The van der Waals surface area contributed by atoms with Crippen LogP contribution in [-0.2, 0) is 4.79 Å². The molecule has 1 rings (SSSR count). The second-order valence-corrected chi connectivity index (χ2v) is 4.32. The number of carbonyl (C=O) groups is 1. The first-order valence-corrected chi connectivity index (χ1v) is 5.38. The number of rotatable bonds is 3. The molecular weight excluding hydrogens is 178 g/mol. The van der Waals surface area contributed by atoms with Crippen molar-refractivity contribution in [2.45, 2.75) is 38.8 Å². The van der Waals surface area contributed by atoms with Crippen molar-refractivity contribution in [2.24, 2.45) is 11.7 Å². The summed E-state index contributed by atoms with van der Waals surface area (Å²) in [5.41, 5.74) is 5.74. The van der Waals surface area contributed by atoms with Crippen LogP contribution in [0.1, 0.15) is 26.7 Å². The van der Waals surface area contributed by atoms with Gasteiger partial charge in [-0.1, -0.05) is 13.8 Å². The second kappa shape index (κ2) is 5.32. The zero-order valence-electron chi connectivity index (χ0n) is 9.05. The van der Waals surface area contributed by atoms with E-state index in [1.807, 2.05) is 13.8 Å². The minimum absolute atomic E-state index is 0.0197. The zero-order chi connectivity index (χ0) is 10.6. The van der Waals surface area contributed by atoms with Crippen molar-refractivity contribution in [1.29, 1.82) is 0 Å². The molecule has 2 atom stereocenters. The SMILES string of the molecule is CC(C)[C@@H](N)C(=O)N[C@@H]1CCCNC1. The summed E-state index contributed by atoms with van der Waals surface area (Å²) < 4.78 is 0. The number of hydrogen-bond donors (Lipinski definition) is 3. The number of carbonyl (C=O) groups excluding carboxylic acids is 1. The monoisotopic (exact) mass is 199 g/mol. The van der Waals surface area contributed by atoms with Crippen LogP contribution in [0.2, 0.25) is 0 Å². The lowest BCUT2D eigenvalue weighted by atomic mass is 10.0. The number of nitrogens with two attached hydrogens (primary N) is 1. The van der Waals surface area contributed by atoms with E-state index in [0.29, 0.717) is 0 Å². The van der Waals surface area contributed by atoms with Crippen molar-refractivity contribution < 1.29 is 4.79 Å². The van der Waals surface area contributed by atoms with Crippen molar-refractivity contribution >= 4 is 5.91 Å². The molecule has 0 radical (unpaired) electrons. The lowest BCUT2D eigenvalue weighted by molar-refractivity contribution is -0.124. The lowest BCUT2D eigenvalue weighted by Gasteiger charge is -2.26. The summed E-state index contributed by atoms with van der Waals surface area (Å²) in [7, 11) is 0. The second-order valence-electron chi connectivity index (χ2n) is 4.32. The molecular formula is C10H21N3O. The van der Waals surface area contributed by atoms with E-state index in [1.54, 1.807) is 0 Å². The Morgan fingerprint density at radius 2 is 2.29 bits per heavy atom. The van der Waals surface area contributed by atoms with Crippen LogP contribution in [0.15, 0.2) is 0 Å². The van der Waals surface area contributed by atoms with E-state index in [1.165, 1.54) is 0 Å². The van der Waals surface area contributed by atoms with Gasteiger partial charge in [-0.15, -0.1) is 0 Å². The average Bonchev–Trinajstić information content (AvgIpc) is 2.18. The third-order valence-electron chi connectivity index (χ3n) is 2.66. The Labute approximate surface area is 85.6 Å². The maximum absolute atomic E-state index is 11.6. The van der Waals surface area contributed by atoms with Gasteiger partial charge in [-0.2, -0.15) is 0 Å². The van der Waals surface area contributed by atoms with E-state index in [4.69, 9.17) is 5.73 Å². The van der Waals surface area contributed by atoms with Gasteiger partial charge in [0.25, 0.3) is 0 Å². The first-order valence-electron chi connectivity index (χ1n) is 5.38. The van der Waals surface area contributed by atoms with Crippen LogP contribution in [-0.4, -0.2) is 31.1 Å². The fourth-order valence-electron chi connectivity index (χ4n) is 1.58. The van der Waals surface area contributed by atoms with E-state index >= 15 is 0 Å². The molecule has 4 heteroatoms. The van der Waals surface area contributed by atoms with Crippen LogP contribution in [0, 0.1) is 5.92 Å². The van der Waals surface area contributed by atoms with Gasteiger partial charge in [0.15, 0.2) is 0 Å². The highest BCUT2D eigenvalue weighted by atomic mass is 16.2. The predicted molar refractivity (Wildman–Crippen MR) is 56.8 cm³/mol. The van der Waals surface area contributed by atoms with E-state index in [0.717, 1.165) is 25.9 Å². The topological polar surface area (TPSA) is 67.2 Å². The molecule has 1 heterocycles. The molecule has 0 saturated carbocycles. The highest BCUT2D eigenvalue weighted by molar-refractivity contribution is 5.82. The van der Waals surface area contributed by atoms with E-state index in [2.05, 4.69) is 10.6 Å². The van der Waals surface area contributed by atoms with Crippen LogP contribution in [0.3, 0.4) is 0 Å². The van der Waals surface area contributed by atoms with Crippen molar-refractivity contribution in [3.8, 4) is 0 Å². The molecule has 0 aromatic carbocycles. The number of nitrogens with one attached hydrogen (secondary N) is 2. The summed E-state index contributed by atoms with van der Waals surface area (Å²) in [5, 5.41) is 6.23. The molecule has 4 nitrogen and oxygen atoms in total. The number of hydrogen-bond acceptors (Lipinski definition) is 3. The summed E-state index contributed by atoms with van der Waals surface area (Å²) in [5.74, 6) is 0.181. The van der Waals surface area contributed by atoms with Crippen LogP contribution < -0.4 is 16.4 Å². The standard InChI is InChI=1S/C10H21N3O/c1-7(2)9(11)10(14)13-8-4-3-5-12-6-8/h7-9,12H,3-6,11H2,1-2H3,(H,13,14)/t8-,9-/m1/s1. The zero-order valence-corrected chi connectivity index (χ0v) is 9.05. The number of piperidine rings is 1. The molecule has 1 aliphatic rings. The fraction of sp³-hybridized carbons (Fsp3) is 0.900. The van der Waals surface area contributed by atoms with Gasteiger partial charge in [0.1, 0.15) is 0 Å². The molecule has 1 fully saturated rings. The molecule has 0 aromatic heterocycles. The molecule has 1 saturated heterocycles. The summed E-state index contributed by atoms with van der Waals surface area (Å²) in [6.45, 7) is 5.85. The van der Waals surface area contributed by atoms with Crippen molar-refractivity contribution in [1.82, 2.24) is 10.6 Å². The number of amides is 1. The maximum Gasteiger partial charge on any atom is 0.237 e. The highest BCUT2D eigenvalue weighted by Crippen LogP contribution is 2.03. The quantitative estimate of drug-likeness (QED) is 0.591. The van der Waals surface area contributed by atoms with Gasteiger partial charge in [-0.25, -0.2) is 0 Å². The average molecular weight is 199 g/mol. The largest absolute Gasteiger partial charge is 0.351 e. The Morgan fingerprint density at radius 3 is 2.79 bits per heavy atom. The summed E-state index contributed by atoms with van der Waals surface area (Å²) in [6, 6.07) is -0.113. The van der Waals surface area contributed by atoms with Gasteiger partial charge < -0.3 is 16.4 Å². The van der Waals surface area contributed by atoms with E-state index in [-0.39, 0.29) is 23.9 Å². The van der Waals surface area contributed by atoms with E-state index in [9.17, 15) is 4.79 Å². The fourth-order valence-corrected chi connectivity index (χ4v) is 1.58. The first kappa shape index (κ1) is 11.5. The van der Waals surface area contributed by atoms with Gasteiger partial charge in [-0.3, -0.25) is 4.79 Å². The molecule has 0 aliphatic carbocycles. The summed E-state index contributed by atoms with van der Waals surface area (Å²) >= 11 is 0. The van der Waals surface area contributed by atoms with Crippen molar-refractivity contribution in [3.05, 3.63) is 0 Å². The van der Waals surface area contributed by atoms with Crippen molar-refractivity contribution in [3.63, 3.8) is 0 Å². The van der Waals surface area contributed by atoms with Gasteiger partial charge in [-0.05, 0) is 25.3 Å². The molecule has 14 heavy (non-hydrogen) atoms. The van der Waals surface area contributed by atoms with Gasteiger partial charge in [0, 0.05) is 12.6 Å². The Balaban J connectivity index is 2.31. The molecule has 82 valence electrons. The molecule has 1 amide bonds. The van der Waals surface area contributed by atoms with Crippen LogP contribution >= 0.6 is 0 Å². The molecule has 0 aromatic rings. The Morgan fingerprint density at radius 1 is 1.57 bits per heavy atom. The minimum atomic E-state index is -0.378. The Hall–Kier alpha value is -0.610. The third-order valence-corrected chi connectivity index (χ3v) is 2.66. The Bertz CT molecular complexity index is 188. The first-order chi connectivity index (χ1) is 6.61. The van der Waals surface area contributed by atoms with E-state index < -0.39 is 0 Å². The highest BCUT2D eigenvalue weighted by Gasteiger charge is 2.21. The minimum Gasteiger partial charge on any atom is -0.351 e. The molecule has 1 aliphatic heterocycles. The van der Waals surface area contributed by atoms with Gasteiger partial charge >= 0.3 is 0 Å². The molecule has 0 bridgehead atoms. The molecule has 0 unspecified atom stereocenters. The lowest BCUT2D eigenvalue weighted by Crippen LogP contribution is -2.52. The molecule has 4 N–H and O–H groups in total. The van der Waals surface area contributed by atoms with Gasteiger partial charge in [0.05, 0.1) is 6.04 Å². The summed E-state index contributed by atoms with van der Waals surface area (Å²) in [4.78, 5) is 11.6. The smallest absolute Gasteiger partial charge is 0.237 e.